The minimum atomic E-state index is -1.74. The molecule has 0 aliphatic heterocycles. The van der Waals surface area contributed by atoms with E-state index >= 15 is 0 Å². The van der Waals surface area contributed by atoms with Crippen molar-refractivity contribution in [2.45, 2.75) is 43.6 Å². The van der Waals surface area contributed by atoms with Gasteiger partial charge in [-0.3, -0.25) is 4.79 Å². The van der Waals surface area contributed by atoms with E-state index in [2.05, 4.69) is 16.0 Å². The lowest BCUT2D eigenvalue weighted by molar-refractivity contribution is -0.121. The van der Waals surface area contributed by atoms with Crippen molar-refractivity contribution in [3.8, 4) is 0 Å². The van der Waals surface area contributed by atoms with E-state index in [4.69, 9.17) is 47.0 Å². The van der Waals surface area contributed by atoms with Crippen molar-refractivity contribution in [2.24, 2.45) is 0 Å². The molecule has 8 heteroatoms. The number of nitrogens with one attached hydrogen (secondary N) is 3. The van der Waals surface area contributed by atoms with Gasteiger partial charge < -0.3 is 16.0 Å². The van der Waals surface area contributed by atoms with Crippen LogP contribution in [-0.2, 0) is 4.79 Å². The van der Waals surface area contributed by atoms with Crippen molar-refractivity contribution in [3.05, 3.63) is 29.3 Å². The van der Waals surface area contributed by atoms with E-state index in [0.29, 0.717) is 12.8 Å². The van der Waals surface area contributed by atoms with Gasteiger partial charge in [0.2, 0.25) is 9.70 Å². The van der Waals surface area contributed by atoms with E-state index in [9.17, 15) is 4.79 Å². The molecular weight excluding hydrogens is 377 g/mol. The van der Waals surface area contributed by atoms with Crippen molar-refractivity contribution < 1.29 is 4.79 Å². The van der Waals surface area contributed by atoms with Gasteiger partial charge in [-0.1, -0.05) is 53.9 Å². The van der Waals surface area contributed by atoms with Crippen LogP contribution in [-0.4, -0.2) is 21.0 Å². The zero-order valence-electron chi connectivity index (χ0n) is 13.2. The summed E-state index contributed by atoms with van der Waals surface area (Å²) in [6.45, 7) is 5.83. The number of benzene rings is 1. The summed E-state index contributed by atoms with van der Waals surface area (Å²) in [5.41, 5.74) is 2.97. The maximum absolute atomic E-state index is 11.7. The van der Waals surface area contributed by atoms with Gasteiger partial charge in [-0.2, -0.15) is 0 Å². The predicted octanol–water partition coefficient (Wildman–Crippen LogP) is 4.20. The Morgan fingerprint density at radius 3 is 2.48 bits per heavy atom. The van der Waals surface area contributed by atoms with Gasteiger partial charge in [-0.25, -0.2) is 0 Å². The van der Waals surface area contributed by atoms with Crippen molar-refractivity contribution in [2.75, 3.05) is 5.32 Å². The van der Waals surface area contributed by atoms with Gasteiger partial charge in [0.15, 0.2) is 5.11 Å². The van der Waals surface area contributed by atoms with Crippen LogP contribution in [0.25, 0.3) is 0 Å². The zero-order chi connectivity index (χ0) is 17.6. The Bertz CT molecular complexity index is 576. The zero-order valence-corrected chi connectivity index (χ0v) is 16.3. The molecule has 0 spiro atoms. The summed E-state index contributed by atoms with van der Waals surface area (Å²) in [6.07, 6.45) is 0.108. The minimum Gasteiger partial charge on any atom is -0.339 e. The van der Waals surface area contributed by atoms with Crippen LogP contribution in [0.5, 0.6) is 0 Å². The highest BCUT2D eigenvalue weighted by atomic mass is 35.6. The van der Waals surface area contributed by atoms with Gasteiger partial charge in [0.1, 0.15) is 6.17 Å². The van der Waals surface area contributed by atoms with Gasteiger partial charge in [0.05, 0.1) is 0 Å². The molecular formula is C15H20Cl3N3OS. The highest BCUT2D eigenvalue weighted by molar-refractivity contribution is 7.80. The summed E-state index contributed by atoms with van der Waals surface area (Å²) in [6, 6.07) is 5.95. The Morgan fingerprint density at radius 2 is 1.91 bits per heavy atom. The first-order valence-corrected chi connectivity index (χ1v) is 8.68. The van der Waals surface area contributed by atoms with Crippen LogP contribution in [0.4, 0.5) is 5.69 Å². The normalized spacial score (nSPS) is 12.4. The van der Waals surface area contributed by atoms with Gasteiger partial charge in [-0.15, -0.1) is 0 Å². The lowest BCUT2D eigenvalue weighted by atomic mass is 10.1. The third-order valence-corrected chi connectivity index (χ3v) is 3.90. The Kier molecular flexibility index (Phi) is 7.87. The molecule has 0 radical (unpaired) electrons. The Balaban J connectivity index is 2.77. The molecule has 0 saturated heterocycles. The van der Waals surface area contributed by atoms with Crippen LogP contribution in [0, 0.1) is 13.8 Å². The van der Waals surface area contributed by atoms with Crippen LogP contribution < -0.4 is 16.0 Å². The summed E-state index contributed by atoms with van der Waals surface area (Å²) in [5.74, 6) is -0.217. The Morgan fingerprint density at radius 1 is 1.26 bits per heavy atom. The molecule has 0 aliphatic carbocycles. The number of thiocarbonyl (C=S) groups is 1. The quantitative estimate of drug-likeness (QED) is 0.396. The first-order valence-electron chi connectivity index (χ1n) is 7.14. The molecule has 1 atom stereocenters. The molecule has 1 aromatic rings. The summed E-state index contributed by atoms with van der Waals surface area (Å²) in [5, 5.41) is 8.77. The number of amides is 1. The van der Waals surface area contributed by atoms with Crippen molar-refractivity contribution in [1.82, 2.24) is 10.6 Å². The van der Waals surface area contributed by atoms with Crippen LogP contribution >= 0.6 is 47.0 Å². The van der Waals surface area contributed by atoms with Gasteiger partial charge in [0, 0.05) is 12.1 Å². The molecule has 1 rings (SSSR count). The number of carbonyl (C=O) groups excluding carboxylic acids is 1. The second-order valence-corrected chi connectivity index (χ2v) is 7.99. The number of halogens is 3. The summed E-state index contributed by atoms with van der Waals surface area (Å²) in [7, 11) is 0. The first-order chi connectivity index (χ1) is 10.6. The molecule has 0 aromatic heterocycles. The fourth-order valence-electron chi connectivity index (χ4n) is 1.82. The molecule has 4 nitrogen and oxygen atoms in total. The monoisotopic (exact) mass is 395 g/mol. The van der Waals surface area contributed by atoms with Gasteiger partial charge in [0.25, 0.3) is 0 Å². The Labute approximate surface area is 157 Å². The molecule has 1 unspecified atom stereocenters. The number of hydrogen-bond donors (Lipinski definition) is 3. The van der Waals surface area contributed by atoms with E-state index in [-0.39, 0.29) is 11.0 Å². The molecule has 1 aromatic carbocycles. The SMILES string of the molecule is CCCC(=O)NC(NC(=S)Nc1cc(C)ccc1C)C(Cl)(Cl)Cl. The lowest BCUT2D eigenvalue weighted by Crippen LogP contribution is -2.56. The molecule has 0 saturated carbocycles. The van der Waals surface area contributed by atoms with Crippen LogP contribution in [0.2, 0.25) is 0 Å². The maximum atomic E-state index is 11.7. The predicted molar refractivity (Wildman–Crippen MR) is 102 cm³/mol. The highest BCUT2D eigenvalue weighted by Crippen LogP contribution is 2.29. The number of alkyl halides is 3. The van der Waals surface area contributed by atoms with Crippen LogP contribution in [0.1, 0.15) is 30.9 Å². The van der Waals surface area contributed by atoms with Crippen molar-refractivity contribution in [3.63, 3.8) is 0 Å². The molecule has 0 aliphatic rings. The van der Waals surface area contributed by atoms with E-state index in [0.717, 1.165) is 16.8 Å². The second-order valence-electron chi connectivity index (χ2n) is 5.21. The highest BCUT2D eigenvalue weighted by Gasteiger charge is 2.34. The molecule has 3 N–H and O–H groups in total. The molecule has 23 heavy (non-hydrogen) atoms. The van der Waals surface area contributed by atoms with E-state index in [1.165, 1.54) is 0 Å². The van der Waals surface area contributed by atoms with Crippen molar-refractivity contribution >= 4 is 63.7 Å². The topological polar surface area (TPSA) is 53.2 Å². The number of rotatable bonds is 5. The second kappa shape index (κ2) is 8.92. The number of carbonyl (C=O) groups is 1. The van der Waals surface area contributed by atoms with Crippen molar-refractivity contribution in [1.29, 1.82) is 0 Å². The summed E-state index contributed by atoms with van der Waals surface area (Å²) >= 11 is 23.0. The number of hydrogen-bond acceptors (Lipinski definition) is 2. The number of anilines is 1. The van der Waals surface area contributed by atoms with Crippen LogP contribution in [0.15, 0.2) is 18.2 Å². The van der Waals surface area contributed by atoms with E-state index < -0.39 is 9.96 Å². The minimum absolute atomic E-state index is 0.217. The average molecular weight is 397 g/mol. The lowest BCUT2D eigenvalue weighted by Gasteiger charge is -2.28. The fourth-order valence-corrected chi connectivity index (χ4v) is 2.38. The molecule has 0 heterocycles. The third-order valence-electron chi connectivity index (χ3n) is 3.03. The molecule has 128 valence electrons. The number of aryl methyl sites for hydroxylation is 2. The van der Waals surface area contributed by atoms with Crippen LogP contribution in [0.3, 0.4) is 0 Å². The first kappa shape index (κ1) is 20.3. The third kappa shape index (κ3) is 7.12. The summed E-state index contributed by atoms with van der Waals surface area (Å²) in [4.78, 5) is 11.7. The maximum Gasteiger partial charge on any atom is 0.228 e. The molecule has 0 bridgehead atoms. The standard InChI is InChI=1S/C15H20Cl3N3OS/c1-4-5-12(22)20-13(15(16,17)18)21-14(23)19-11-8-9(2)6-7-10(11)3/h6-8,13H,4-5H2,1-3H3,(H,20,22)(H2,19,21,23). The van der Waals surface area contributed by atoms with E-state index in [1.54, 1.807) is 0 Å². The fraction of sp³-hybridized carbons (Fsp3) is 0.467. The van der Waals surface area contributed by atoms with Gasteiger partial charge in [-0.05, 0) is 49.7 Å². The summed E-state index contributed by atoms with van der Waals surface area (Å²) < 4.78 is -1.74. The Hall–Kier alpha value is -0.750. The largest absolute Gasteiger partial charge is 0.339 e. The smallest absolute Gasteiger partial charge is 0.228 e. The molecule has 1 amide bonds. The molecule has 0 fully saturated rings. The van der Waals surface area contributed by atoms with E-state index in [1.807, 2.05) is 39.0 Å². The van der Waals surface area contributed by atoms with Gasteiger partial charge >= 0.3 is 0 Å². The average Bonchev–Trinajstić information content (AvgIpc) is 2.41.